The van der Waals surface area contributed by atoms with Crippen LogP contribution in [0.2, 0.25) is 0 Å². The summed E-state index contributed by atoms with van der Waals surface area (Å²) in [5.74, 6) is 0. The molecule has 0 saturated carbocycles. The van der Waals surface area contributed by atoms with E-state index in [-0.39, 0.29) is 5.41 Å². The zero-order valence-corrected chi connectivity index (χ0v) is 22.5. The van der Waals surface area contributed by atoms with Crippen LogP contribution in [0.1, 0.15) is 41.8 Å². The fraction of sp³-hybridized carbons (Fsp3) is 0.135. The van der Waals surface area contributed by atoms with Crippen molar-refractivity contribution in [3.63, 3.8) is 0 Å². The van der Waals surface area contributed by atoms with Crippen LogP contribution >= 0.6 is 11.3 Å². The lowest BCUT2D eigenvalue weighted by Gasteiger charge is -2.22. The van der Waals surface area contributed by atoms with E-state index >= 15 is 0 Å². The first-order valence-electron chi connectivity index (χ1n) is 13.6. The van der Waals surface area contributed by atoms with Gasteiger partial charge in [0.15, 0.2) is 0 Å². The Labute approximate surface area is 227 Å². The summed E-state index contributed by atoms with van der Waals surface area (Å²) in [6, 6.07) is 36.6. The van der Waals surface area contributed by atoms with Crippen LogP contribution in [0.5, 0.6) is 0 Å². The highest BCUT2D eigenvalue weighted by atomic mass is 32.1. The molecule has 0 amide bonds. The first kappa shape index (κ1) is 22.1. The molecule has 0 N–H and O–H groups in total. The highest BCUT2D eigenvalue weighted by molar-refractivity contribution is 7.20. The Morgan fingerprint density at radius 2 is 1.34 bits per heavy atom. The summed E-state index contributed by atoms with van der Waals surface area (Å²) in [6.07, 6.45) is 6.93. The van der Waals surface area contributed by atoms with Gasteiger partial charge in [-0.15, -0.1) is 11.3 Å². The van der Waals surface area contributed by atoms with Crippen LogP contribution in [0.4, 0.5) is 0 Å². The zero-order chi connectivity index (χ0) is 25.4. The van der Waals surface area contributed by atoms with Crippen molar-refractivity contribution in [3.8, 4) is 33.4 Å². The average Bonchev–Trinajstić information content (AvgIpc) is 3.45. The average molecular weight is 505 g/mol. The molecule has 0 bridgehead atoms. The van der Waals surface area contributed by atoms with Crippen LogP contribution in [0, 0.1) is 0 Å². The molecular weight excluding hydrogens is 476 g/mol. The van der Waals surface area contributed by atoms with E-state index in [1.165, 1.54) is 75.8 Å². The van der Waals surface area contributed by atoms with Gasteiger partial charge in [0.25, 0.3) is 0 Å². The highest BCUT2D eigenvalue weighted by Crippen LogP contribution is 2.49. The molecule has 2 aliphatic carbocycles. The van der Waals surface area contributed by atoms with Crippen molar-refractivity contribution in [2.75, 3.05) is 0 Å². The smallest absolute Gasteiger partial charge is 0.0430 e. The molecule has 38 heavy (non-hydrogen) atoms. The van der Waals surface area contributed by atoms with Gasteiger partial charge < -0.3 is 0 Å². The lowest BCUT2D eigenvalue weighted by molar-refractivity contribution is 0.660. The quantitative estimate of drug-likeness (QED) is 0.220. The third kappa shape index (κ3) is 3.15. The molecule has 0 fully saturated rings. The summed E-state index contributed by atoms with van der Waals surface area (Å²) in [7, 11) is 0. The van der Waals surface area contributed by atoms with Crippen LogP contribution in [-0.4, -0.2) is 0 Å². The van der Waals surface area contributed by atoms with Gasteiger partial charge in [0.05, 0.1) is 0 Å². The normalized spacial score (nSPS) is 15.0. The Kier molecular flexibility index (Phi) is 4.66. The van der Waals surface area contributed by atoms with Crippen molar-refractivity contribution < 1.29 is 0 Å². The Morgan fingerprint density at radius 3 is 2.24 bits per heavy atom. The van der Waals surface area contributed by atoms with Crippen molar-refractivity contribution in [2.45, 2.75) is 32.1 Å². The molecule has 0 unspecified atom stereocenters. The van der Waals surface area contributed by atoms with E-state index < -0.39 is 0 Å². The Balaban J connectivity index is 1.20. The van der Waals surface area contributed by atoms with Crippen molar-refractivity contribution in [1.82, 2.24) is 0 Å². The third-order valence-corrected chi connectivity index (χ3v) is 9.99. The van der Waals surface area contributed by atoms with E-state index in [4.69, 9.17) is 0 Å². The van der Waals surface area contributed by atoms with Crippen molar-refractivity contribution in [2.24, 2.45) is 0 Å². The first-order chi connectivity index (χ1) is 18.6. The molecule has 6 aromatic rings. The first-order valence-corrected chi connectivity index (χ1v) is 14.4. The zero-order valence-electron chi connectivity index (χ0n) is 21.7. The summed E-state index contributed by atoms with van der Waals surface area (Å²) in [6.45, 7) is 4.70. The molecular formula is C37H28S. The molecule has 0 atom stereocenters. The maximum Gasteiger partial charge on any atom is 0.0430 e. The minimum Gasteiger partial charge on any atom is -0.135 e. The second kappa shape index (κ2) is 8.03. The summed E-state index contributed by atoms with van der Waals surface area (Å²) in [4.78, 5) is 1.43. The molecule has 0 nitrogen and oxygen atoms in total. The molecule has 1 heteroatoms. The van der Waals surface area contributed by atoms with E-state index in [0.29, 0.717) is 0 Å². The number of allylic oxidation sites excluding steroid dienone is 1. The van der Waals surface area contributed by atoms with Gasteiger partial charge in [-0.3, -0.25) is 0 Å². The minimum absolute atomic E-state index is 0.0194. The third-order valence-electron chi connectivity index (χ3n) is 8.75. The number of hydrogen-bond acceptors (Lipinski definition) is 1. The SMILES string of the molecule is CC1(C)c2ccccc2-c2ccc(-c3ccc4cc(-c5cccc6c7c(sc56)C=CCC7)ccc4c3)cc21. The second-order valence-electron chi connectivity index (χ2n) is 11.3. The molecule has 1 aromatic heterocycles. The van der Waals surface area contributed by atoms with Crippen LogP contribution in [-0.2, 0) is 11.8 Å². The lowest BCUT2D eigenvalue weighted by Crippen LogP contribution is -2.14. The molecule has 182 valence electrons. The molecule has 0 saturated heterocycles. The molecule has 2 aliphatic rings. The fourth-order valence-corrected chi connectivity index (χ4v) is 8.02. The summed E-state index contributed by atoms with van der Waals surface area (Å²) in [5.41, 5.74) is 12.4. The lowest BCUT2D eigenvalue weighted by atomic mass is 9.81. The van der Waals surface area contributed by atoms with E-state index in [9.17, 15) is 0 Å². The van der Waals surface area contributed by atoms with Gasteiger partial charge in [-0.25, -0.2) is 0 Å². The van der Waals surface area contributed by atoms with Gasteiger partial charge in [-0.05, 0) is 103 Å². The van der Waals surface area contributed by atoms with Gasteiger partial charge in [0.1, 0.15) is 0 Å². The van der Waals surface area contributed by atoms with Gasteiger partial charge >= 0.3 is 0 Å². The molecule has 0 radical (unpaired) electrons. The Bertz CT molecular complexity index is 1950. The number of hydrogen-bond donors (Lipinski definition) is 0. The van der Waals surface area contributed by atoms with Crippen LogP contribution in [0.15, 0.2) is 103 Å². The molecule has 0 aliphatic heterocycles. The standard InChI is InChI=1S/C37H28S/c1-37(2)33-12-5-3-8-29(33)30-19-18-26(22-34(30)37)24-14-15-25-21-27(17-16-23(25)20-24)28-10-7-11-32-31-9-4-6-13-35(31)38-36(28)32/h3,5-8,10-22H,4,9H2,1-2H3. The fourth-order valence-electron chi connectivity index (χ4n) is 6.70. The van der Waals surface area contributed by atoms with Crippen LogP contribution in [0.25, 0.3) is 60.3 Å². The number of fused-ring (bicyclic) bond motifs is 7. The Morgan fingerprint density at radius 1 is 0.632 bits per heavy atom. The van der Waals surface area contributed by atoms with Gasteiger partial charge in [-0.1, -0.05) is 98.8 Å². The second-order valence-corrected chi connectivity index (χ2v) is 12.3. The van der Waals surface area contributed by atoms with Crippen LogP contribution < -0.4 is 0 Å². The monoisotopic (exact) mass is 504 g/mol. The van der Waals surface area contributed by atoms with Gasteiger partial charge in [0.2, 0.25) is 0 Å². The highest BCUT2D eigenvalue weighted by Gasteiger charge is 2.35. The maximum atomic E-state index is 2.42. The molecule has 8 rings (SSSR count). The number of benzene rings is 5. The van der Waals surface area contributed by atoms with Crippen molar-refractivity contribution >= 4 is 38.3 Å². The molecule has 0 spiro atoms. The summed E-state index contributed by atoms with van der Waals surface area (Å²) >= 11 is 1.94. The maximum absolute atomic E-state index is 2.42. The number of thiophene rings is 1. The van der Waals surface area contributed by atoms with E-state index in [0.717, 1.165) is 12.8 Å². The minimum atomic E-state index is 0.0194. The van der Waals surface area contributed by atoms with Crippen LogP contribution in [0.3, 0.4) is 0 Å². The van der Waals surface area contributed by atoms with Gasteiger partial charge in [0, 0.05) is 15.0 Å². The largest absolute Gasteiger partial charge is 0.135 e. The van der Waals surface area contributed by atoms with E-state index in [2.05, 4.69) is 123 Å². The summed E-state index contributed by atoms with van der Waals surface area (Å²) < 4.78 is 1.42. The van der Waals surface area contributed by atoms with Crippen molar-refractivity contribution in [3.05, 3.63) is 125 Å². The number of rotatable bonds is 2. The topological polar surface area (TPSA) is 0 Å². The number of aryl methyl sites for hydroxylation is 1. The van der Waals surface area contributed by atoms with Crippen molar-refractivity contribution in [1.29, 1.82) is 0 Å². The Hall–Kier alpha value is -3.94. The van der Waals surface area contributed by atoms with E-state index in [1.54, 1.807) is 0 Å². The predicted molar refractivity (Wildman–Crippen MR) is 165 cm³/mol. The predicted octanol–water partition coefficient (Wildman–Crippen LogP) is 10.7. The molecule has 5 aromatic carbocycles. The van der Waals surface area contributed by atoms with Gasteiger partial charge in [-0.2, -0.15) is 0 Å². The summed E-state index contributed by atoms with van der Waals surface area (Å²) in [5, 5.41) is 4.01. The van der Waals surface area contributed by atoms with E-state index in [1.807, 2.05) is 11.3 Å². The molecule has 1 heterocycles.